The van der Waals surface area contributed by atoms with E-state index in [4.69, 9.17) is 4.52 Å². The summed E-state index contributed by atoms with van der Waals surface area (Å²) in [5, 5.41) is 7.17. The Kier molecular flexibility index (Phi) is 5.38. The van der Waals surface area contributed by atoms with Gasteiger partial charge < -0.3 is 9.84 Å². The first-order valence-corrected chi connectivity index (χ1v) is 7.11. The monoisotopic (exact) mass is 295 g/mol. The molecule has 1 aromatic heterocycles. The molecule has 0 spiro atoms. The fraction of sp³-hybridized carbons (Fsp3) is 0.467. The molecule has 0 amide bonds. The number of hydrogen-bond donors (Lipinski definition) is 1. The molecule has 0 fully saturated rings. The third-order valence-corrected chi connectivity index (χ3v) is 3.28. The summed E-state index contributed by atoms with van der Waals surface area (Å²) in [6.45, 7) is 5.00. The Balaban J connectivity index is 2.02. The van der Waals surface area contributed by atoms with Gasteiger partial charge in [-0.25, -0.2) is 8.78 Å². The van der Waals surface area contributed by atoms with Gasteiger partial charge in [0.1, 0.15) is 11.6 Å². The van der Waals surface area contributed by atoms with Crippen molar-refractivity contribution in [2.24, 2.45) is 0 Å². The summed E-state index contributed by atoms with van der Waals surface area (Å²) in [4.78, 5) is 4.26. The van der Waals surface area contributed by atoms with Crippen LogP contribution in [-0.2, 0) is 12.8 Å². The minimum atomic E-state index is -0.597. The van der Waals surface area contributed by atoms with Crippen LogP contribution in [0, 0.1) is 11.6 Å². The highest BCUT2D eigenvalue weighted by atomic mass is 19.1. The van der Waals surface area contributed by atoms with Gasteiger partial charge >= 0.3 is 0 Å². The van der Waals surface area contributed by atoms with Gasteiger partial charge in [-0.05, 0) is 24.6 Å². The summed E-state index contributed by atoms with van der Waals surface area (Å²) in [6.07, 6.45) is 1.79. The maximum Gasteiger partial charge on any atom is 0.228 e. The Bertz CT molecular complexity index is 586. The van der Waals surface area contributed by atoms with E-state index in [9.17, 15) is 8.78 Å². The van der Waals surface area contributed by atoms with E-state index in [0.717, 1.165) is 19.0 Å². The second kappa shape index (κ2) is 7.26. The predicted octanol–water partition coefficient (Wildman–Crippen LogP) is 2.87. The first-order valence-electron chi connectivity index (χ1n) is 7.11. The van der Waals surface area contributed by atoms with Crippen molar-refractivity contribution in [3.8, 4) is 0 Å². The van der Waals surface area contributed by atoms with Crippen molar-refractivity contribution in [1.82, 2.24) is 15.5 Å². The molecule has 1 atom stereocenters. The smallest absolute Gasteiger partial charge is 0.228 e. The van der Waals surface area contributed by atoms with E-state index in [1.165, 1.54) is 12.1 Å². The van der Waals surface area contributed by atoms with Crippen LogP contribution in [0.5, 0.6) is 0 Å². The van der Waals surface area contributed by atoms with Crippen LogP contribution in [0.15, 0.2) is 22.7 Å². The van der Waals surface area contributed by atoms with Crippen LogP contribution in [0.1, 0.15) is 37.5 Å². The molecular formula is C15H19F2N3O. The summed E-state index contributed by atoms with van der Waals surface area (Å²) in [5.41, 5.74) is 0.350. The molecule has 1 aromatic carbocycles. The van der Waals surface area contributed by atoms with Gasteiger partial charge in [0, 0.05) is 24.9 Å². The largest absolute Gasteiger partial charge is 0.339 e. The summed E-state index contributed by atoms with van der Waals surface area (Å²) in [7, 11) is 0. The maximum absolute atomic E-state index is 13.6. The number of benzene rings is 1. The third-order valence-electron chi connectivity index (χ3n) is 3.28. The molecule has 21 heavy (non-hydrogen) atoms. The molecule has 6 heteroatoms. The van der Waals surface area contributed by atoms with Crippen LogP contribution < -0.4 is 5.32 Å². The molecule has 114 valence electrons. The van der Waals surface area contributed by atoms with Gasteiger partial charge in [-0.15, -0.1) is 0 Å². The van der Waals surface area contributed by atoms with E-state index < -0.39 is 11.6 Å². The van der Waals surface area contributed by atoms with Crippen molar-refractivity contribution >= 4 is 0 Å². The maximum atomic E-state index is 13.6. The Hall–Kier alpha value is -1.82. The third kappa shape index (κ3) is 4.32. The van der Waals surface area contributed by atoms with E-state index in [-0.39, 0.29) is 12.5 Å². The highest BCUT2D eigenvalue weighted by Crippen LogP contribution is 2.13. The van der Waals surface area contributed by atoms with Gasteiger partial charge in [-0.3, -0.25) is 0 Å². The highest BCUT2D eigenvalue weighted by molar-refractivity contribution is 5.21. The molecule has 0 aliphatic heterocycles. The SMILES string of the molecule is CCNC(CC)Cc1nc(Cc2ccc(F)cc2F)no1. The van der Waals surface area contributed by atoms with Gasteiger partial charge in [0.15, 0.2) is 5.82 Å². The van der Waals surface area contributed by atoms with Gasteiger partial charge in [0.25, 0.3) is 0 Å². The minimum Gasteiger partial charge on any atom is -0.339 e. The molecule has 0 saturated carbocycles. The number of nitrogens with zero attached hydrogens (tertiary/aromatic N) is 2. The van der Waals surface area contributed by atoms with E-state index in [1.54, 1.807) is 0 Å². The molecule has 0 aliphatic rings. The zero-order valence-electron chi connectivity index (χ0n) is 12.2. The Morgan fingerprint density at radius 3 is 2.76 bits per heavy atom. The summed E-state index contributed by atoms with van der Waals surface area (Å²) in [5.74, 6) is -0.260. The number of halogens is 2. The lowest BCUT2D eigenvalue weighted by atomic mass is 10.1. The fourth-order valence-electron chi connectivity index (χ4n) is 2.14. The van der Waals surface area contributed by atoms with Crippen LogP contribution in [0.4, 0.5) is 8.78 Å². The van der Waals surface area contributed by atoms with Crippen molar-refractivity contribution in [1.29, 1.82) is 0 Å². The highest BCUT2D eigenvalue weighted by Gasteiger charge is 2.14. The quantitative estimate of drug-likeness (QED) is 0.853. The summed E-state index contributed by atoms with van der Waals surface area (Å²) < 4.78 is 31.6. The lowest BCUT2D eigenvalue weighted by Crippen LogP contribution is -2.30. The average Bonchev–Trinajstić information content (AvgIpc) is 2.89. The van der Waals surface area contributed by atoms with Gasteiger partial charge in [-0.1, -0.05) is 25.1 Å². The Morgan fingerprint density at radius 1 is 1.29 bits per heavy atom. The average molecular weight is 295 g/mol. The van der Waals surface area contributed by atoms with Crippen molar-refractivity contribution in [3.05, 3.63) is 47.1 Å². The van der Waals surface area contributed by atoms with Gasteiger partial charge in [0.05, 0.1) is 0 Å². The summed E-state index contributed by atoms with van der Waals surface area (Å²) >= 11 is 0. The summed E-state index contributed by atoms with van der Waals surface area (Å²) in [6, 6.07) is 3.76. The topological polar surface area (TPSA) is 51.0 Å². The van der Waals surface area contributed by atoms with E-state index in [1.807, 2.05) is 6.92 Å². The molecule has 0 aliphatic carbocycles. The molecule has 1 N–H and O–H groups in total. The molecule has 2 aromatic rings. The molecule has 4 nitrogen and oxygen atoms in total. The second-order valence-corrected chi connectivity index (χ2v) is 4.88. The van der Waals surface area contributed by atoms with Crippen LogP contribution in [0.25, 0.3) is 0 Å². The van der Waals surface area contributed by atoms with E-state index in [2.05, 4.69) is 22.4 Å². The van der Waals surface area contributed by atoms with Gasteiger partial charge in [-0.2, -0.15) is 4.98 Å². The van der Waals surface area contributed by atoms with Crippen LogP contribution in [0.3, 0.4) is 0 Å². The predicted molar refractivity (Wildman–Crippen MR) is 74.9 cm³/mol. The van der Waals surface area contributed by atoms with E-state index in [0.29, 0.717) is 23.7 Å². The fourth-order valence-corrected chi connectivity index (χ4v) is 2.14. The Morgan fingerprint density at radius 2 is 2.10 bits per heavy atom. The molecule has 2 rings (SSSR count). The molecule has 0 bridgehead atoms. The lowest BCUT2D eigenvalue weighted by Gasteiger charge is -2.12. The number of rotatable bonds is 7. The molecule has 1 heterocycles. The minimum absolute atomic E-state index is 0.188. The molecule has 1 unspecified atom stereocenters. The van der Waals surface area contributed by atoms with Crippen LogP contribution in [-0.4, -0.2) is 22.7 Å². The normalized spacial score (nSPS) is 12.6. The number of aromatic nitrogens is 2. The Labute approximate surface area is 122 Å². The van der Waals surface area contributed by atoms with Crippen LogP contribution in [0.2, 0.25) is 0 Å². The van der Waals surface area contributed by atoms with Gasteiger partial charge in [0.2, 0.25) is 5.89 Å². The number of likely N-dealkylation sites (N-methyl/N-ethyl adjacent to an activating group) is 1. The van der Waals surface area contributed by atoms with Crippen molar-refractivity contribution < 1.29 is 13.3 Å². The number of hydrogen-bond acceptors (Lipinski definition) is 4. The van der Waals surface area contributed by atoms with Crippen molar-refractivity contribution in [2.75, 3.05) is 6.54 Å². The van der Waals surface area contributed by atoms with E-state index >= 15 is 0 Å². The van der Waals surface area contributed by atoms with Crippen LogP contribution >= 0.6 is 0 Å². The molecule has 0 saturated heterocycles. The van der Waals surface area contributed by atoms with Crippen molar-refractivity contribution in [2.45, 2.75) is 39.2 Å². The zero-order valence-corrected chi connectivity index (χ0v) is 12.2. The first kappa shape index (κ1) is 15.6. The number of nitrogens with one attached hydrogen (secondary N) is 1. The molecule has 0 radical (unpaired) electrons. The second-order valence-electron chi connectivity index (χ2n) is 4.88. The lowest BCUT2D eigenvalue weighted by molar-refractivity contribution is 0.352. The standard InChI is InChI=1S/C15H19F2N3O/c1-3-12(18-4-2)9-15-19-14(20-21-15)7-10-5-6-11(16)8-13(10)17/h5-6,8,12,18H,3-4,7,9H2,1-2H3. The first-order chi connectivity index (χ1) is 10.1. The van der Waals surface area contributed by atoms with Crippen molar-refractivity contribution in [3.63, 3.8) is 0 Å². The molecular weight excluding hydrogens is 276 g/mol. The zero-order chi connectivity index (χ0) is 15.2.